The normalized spacial score (nSPS) is 23.8. The topological polar surface area (TPSA) is 47.3 Å². The summed E-state index contributed by atoms with van der Waals surface area (Å²) in [6.07, 6.45) is 2.13. The van der Waals surface area contributed by atoms with Crippen molar-refractivity contribution in [3.63, 3.8) is 0 Å². The molecule has 0 bridgehead atoms. The number of benzene rings is 1. The average Bonchev–Trinajstić information content (AvgIpc) is 2.20. The van der Waals surface area contributed by atoms with Gasteiger partial charge in [0.15, 0.2) is 0 Å². The van der Waals surface area contributed by atoms with Crippen LogP contribution in [0.4, 0.5) is 5.69 Å². The van der Waals surface area contributed by atoms with E-state index in [0.29, 0.717) is 12.1 Å². The van der Waals surface area contributed by atoms with Gasteiger partial charge in [-0.05, 0) is 38.3 Å². The minimum absolute atomic E-state index is 0.380. The van der Waals surface area contributed by atoms with Gasteiger partial charge >= 0.3 is 0 Å². The number of nitrogens with one attached hydrogen (secondary N) is 1. The molecule has 0 amide bonds. The number of anilines is 1. The molecule has 16 heavy (non-hydrogen) atoms. The van der Waals surface area contributed by atoms with Crippen LogP contribution in [-0.4, -0.2) is 19.2 Å². The summed E-state index contributed by atoms with van der Waals surface area (Å²) in [6, 6.07) is 5.12. The van der Waals surface area contributed by atoms with Crippen molar-refractivity contribution in [1.82, 2.24) is 0 Å². The summed E-state index contributed by atoms with van der Waals surface area (Å²) in [5.41, 5.74) is 9.30. The van der Waals surface area contributed by atoms with Crippen molar-refractivity contribution in [2.75, 3.05) is 12.4 Å². The highest BCUT2D eigenvalue weighted by Crippen LogP contribution is 2.31. The van der Waals surface area contributed by atoms with E-state index < -0.39 is 0 Å². The maximum Gasteiger partial charge on any atom is 0.126 e. The number of rotatable bonds is 3. The van der Waals surface area contributed by atoms with Crippen LogP contribution in [0.25, 0.3) is 0 Å². The highest BCUT2D eigenvalue weighted by atomic mass is 16.5. The summed E-state index contributed by atoms with van der Waals surface area (Å²) in [6.45, 7) is 4.15. The van der Waals surface area contributed by atoms with Crippen molar-refractivity contribution in [1.29, 1.82) is 0 Å². The molecule has 0 radical (unpaired) electrons. The quantitative estimate of drug-likeness (QED) is 0.821. The van der Waals surface area contributed by atoms with Gasteiger partial charge in [0.1, 0.15) is 5.75 Å². The van der Waals surface area contributed by atoms with E-state index in [9.17, 15) is 0 Å². The van der Waals surface area contributed by atoms with Crippen molar-refractivity contribution in [3.8, 4) is 5.75 Å². The summed E-state index contributed by atoms with van der Waals surface area (Å²) in [7, 11) is 1.72. The summed E-state index contributed by atoms with van der Waals surface area (Å²) in [4.78, 5) is 0. The van der Waals surface area contributed by atoms with Gasteiger partial charge in [-0.2, -0.15) is 0 Å². The van der Waals surface area contributed by atoms with Crippen LogP contribution in [0, 0.1) is 13.8 Å². The lowest BCUT2D eigenvalue weighted by molar-refractivity contribution is 0.373. The van der Waals surface area contributed by atoms with E-state index in [4.69, 9.17) is 10.5 Å². The molecule has 1 saturated carbocycles. The lowest BCUT2D eigenvalue weighted by Crippen LogP contribution is -2.44. The molecule has 0 saturated heterocycles. The first kappa shape index (κ1) is 11.3. The Kier molecular flexibility index (Phi) is 3.06. The molecule has 88 valence electrons. The minimum Gasteiger partial charge on any atom is -0.496 e. The lowest BCUT2D eigenvalue weighted by Gasteiger charge is -2.34. The van der Waals surface area contributed by atoms with Crippen molar-refractivity contribution in [2.45, 2.75) is 38.8 Å². The van der Waals surface area contributed by atoms with E-state index in [2.05, 4.69) is 31.3 Å². The third-order valence-corrected chi connectivity index (χ3v) is 3.34. The van der Waals surface area contributed by atoms with Crippen LogP contribution >= 0.6 is 0 Å². The van der Waals surface area contributed by atoms with Crippen LogP contribution in [-0.2, 0) is 0 Å². The molecule has 3 N–H and O–H groups in total. The average molecular weight is 220 g/mol. The Hall–Kier alpha value is -1.22. The van der Waals surface area contributed by atoms with E-state index in [0.717, 1.165) is 18.6 Å². The van der Waals surface area contributed by atoms with Crippen molar-refractivity contribution in [2.24, 2.45) is 5.73 Å². The molecule has 2 rings (SSSR count). The van der Waals surface area contributed by atoms with Crippen LogP contribution in [0.15, 0.2) is 12.1 Å². The Morgan fingerprint density at radius 2 is 2.00 bits per heavy atom. The van der Waals surface area contributed by atoms with Gasteiger partial charge in [0.2, 0.25) is 0 Å². The summed E-state index contributed by atoms with van der Waals surface area (Å²) in [5, 5.41) is 3.52. The Bertz CT molecular complexity index is 384. The first-order valence-electron chi connectivity index (χ1n) is 5.78. The molecule has 0 aromatic heterocycles. The summed E-state index contributed by atoms with van der Waals surface area (Å²) in [5.74, 6) is 0.980. The second kappa shape index (κ2) is 4.34. The predicted molar refractivity (Wildman–Crippen MR) is 67.1 cm³/mol. The smallest absolute Gasteiger partial charge is 0.126 e. The molecule has 0 spiro atoms. The molecule has 0 unspecified atom stereocenters. The number of nitrogens with two attached hydrogens (primary N) is 1. The number of hydrogen-bond donors (Lipinski definition) is 2. The Balaban J connectivity index is 2.15. The maximum absolute atomic E-state index is 5.78. The van der Waals surface area contributed by atoms with Gasteiger partial charge < -0.3 is 15.8 Å². The van der Waals surface area contributed by atoms with E-state index in [-0.39, 0.29) is 0 Å². The molecule has 3 heteroatoms. The van der Waals surface area contributed by atoms with E-state index >= 15 is 0 Å². The van der Waals surface area contributed by atoms with E-state index in [1.165, 1.54) is 16.8 Å². The zero-order valence-electron chi connectivity index (χ0n) is 10.2. The Labute approximate surface area is 97.0 Å². The van der Waals surface area contributed by atoms with Gasteiger partial charge in [-0.25, -0.2) is 0 Å². The second-order valence-corrected chi connectivity index (χ2v) is 4.66. The summed E-state index contributed by atoms with van der Waals surface area (Å²) >= 11 is 0. The van der Waals surface area contributed by atoms with Crippen LogP contribution in [0.3, 0.4) is 0 Å². The van der Waals surface area contributed by atoms with Crippen molar-refractivity contribution >= 4 is 5.69 Å². The van der Waals surface area contributed by atoms with Crippen LogP contribution in [0.2, 0.25) is 0 Å². The molecule has 1 aliphatic carbocycles. The molecule has 3 nitrogen and oxygen atoms in total. The standard InChI is InChI=1S/C13H20N2O/c1-8-4-5-12(9(2)13(8)16-3)15-11-6-10(14)7-11/h4-5,10-11,15H,6-7,14H2,1-3H3. The molecule has 1 aromatic rings. The Morgan fingerprint density at radius 3 is 2.56 bits per heavy atom. The first-order valence-corrected chi connectivity index (χ1v) is 5.78. The van der Waals surface area contributed by atoms with Gasteiger partial charge in [-0.15, -0.1) is 0 Å². The second-order valence-electron chi connectivity index (χ2n) is 4.66. The van der Waals surface area contributed by atoms with Gasteiger partial charge in [-0.3, -0.25) is 0 Å². The van der Waals surface area contributed by atoms with Crippen LogP contribution in [0.5, 0.6) is 5.75 Å². The van der Waals surface area contributed by atoms with E-state index in [1.807, 2.05) is 0 Å². The molecular formula is C13H20N2O. The highest BCUT2D eigenvalue weighted by molar-refractivity contribution is 5.60. The fourth-order valence-electron chi connectivity index (χ4n) is 2.30. The third-order valence-electron chi connectivity index (χ3n) is 3.34. The molecule has 1 aliphatic rings. The van der Waals surface area contributed by atoms with Gasteiger partial charge in [0, 0.05) is 23.3 Å². The minimum atomic E-state index is 0.380. The van der Waals surface area contributed by atoms with Crippen LogP contribution in [0.1, 0.15) is 24.0 Å². The maximum atomic E-state index is 5.78. The third kappa shape index (κ3) is 2.00. The monoisotopic (exact) mass is 220 g/mol. The van der Waals surface area contributed by atoms with Gasteiger partial charge in [0.05, 0.1) is 7.11 Å². The number of aryl methyl sites for hydroxylation is 1. The number of methoxy groups -OCH3 is 1. The van der Waals surface area contributed by atoms with Crippen molar-refractivity contribution < 1.29 is 4.74 Å². The van der Waals surface area contributed by atoms with Crippen molar-refractivity contribution in [3.05, 3.63) is 23.3 Å². The van der Waals surface area contributed by atoms with Gasteiger partial charge in [-0.1, -0.05) is 6.07 Å². The zero-order valence-corrected chi connectivity index (χ0v) is 10.2. The first-order chi connectivity index (χ1) is 7.61. The Morgan fingerprint density at radius 1 is 1.31 bits per heavy atom. The SMILES string of the molecule is COc1c(C)ccc(NC2CC(N)C2)c1C. The van der Waals surface area contributed by atoms with Gasteiger partial charge in [0.25, 0.3) is 0 Å². The zero-order chi connectivity index (χ0) is 11.7. The number of hydrogen-bond acceptors (Lipinski definition) is 3. The lowest BCUT2D eigenvalue weighted by atomic mass is 9.87. The molecule has 1 aromatic carbocycles. The molecular weight excluding hydrogens is 200 g/mol. The molecule has 0 atom stereocenters. The summed E-state index contributed by atoms with van der Waals surface area (Å²) < 4.78 is 5.41. The fraction of sp³-hybridized carbons (Fsp3) is 0.538. The molecule has 0 heterocycles. The highest BCUT2D eigenvalue weighted by Gasteiger charge is 2.26. The van der Waals surface area contributed by atoms with E-state index in [1.54, 1.807) is 7.11 Å². The predicted octanol–water partition coefficient (Wildman–Crippen LogP) is 2.21. The number of ether oxygens (including phenoxy) is 1. The molecule has 1 fully saturated rings. The molecule has 0 aliphatic heterocycles. The largest absolute Gasteiger partial charge is 0.496 e. The van der Waals surface area contributed by atoms with Crippen LogP contribution < -0.4 is 15.8 Å². The fourth-order valence-corrected chi connectivity index (χ4v) is 2.30.